The van der Waals surface area contributed by atoms with Crippen molar-refractivity contribution in [3.63, 3.8) is 0 Å². The summed E-state index contributed by atoms with van der Waals surface area (Å²) in [6, 6.07) is 8.26. The average molecular weight is 249 g/mol. The normalized spacial score (nSPS) is 26.2. The molecule has 1 aromatic rings. The van der Waals surface area contributed by atoms with Gasteiger partial charge in [-0.1, -0.05) is 19.1 Å². The first kappa shape index (κ1) is 13.4. The van der Waals surface area contributed by atoms with Crippen molar-refractivity contribution in [2.24, 2.45) is 5.92 Å². The van der Waals surface area contributed by atoms with Crippen LogP contribution in [0.25, 0.3) is 0 Å². The lowest BCUT2D eigenvalue weighted by molar-refractivity contribution is 0.108. The molecule has 1 fully saturated rings. The van der Waals surface area contributed by atoms with Crippen LogP contribution in [0.5, 0.6) is 5.75 Å². The van der Waals surface area contributed by atoms with Crippen LogP contribution in [0.15, 0.2) is 24.3 Å². The lowest BCUT2D eigenvalue weighted by atomic mass is 10.1. The van der Waals surface area contributed by atoms with Crippen LogP contribution in [0.1, 0.15) is 31.9 Å². The van der Waals surface area contributed by atoms with Gasteiger partial charge in [0.15, 0.2) is 0 Å². The van der Waals surface area contributed by atoms with Gasteiger partial charge in [0.1, 0.15) is 5.75 Å². The van der Waals surface area contributed by atoms with E-state index in [-0.39, 0.29) is 0 Å². The molecular formula is C15H23NO2. The fourth-order valence-electron chi connectivity index (χ4n) is 2.82. The van der Waals surface area contributed by atoms with E-state index in [1.54, 1.807) is 7.11 Å². The first-order chi connectivity index (χ1) is 8.60. The van der Waals surface area contributed by atoms with Crippen molar-refractivity contribution in [2.75, 3.05) is 20.2 Å². The largest absolute Gasteiger partial charge is 0.497 e. The van der Waals surface area contributed by atoms with Crippen molar-refractivity contribution in [1.29, 1.82) is 0 Å². The minimum atomic E-state index is -0.437. The molecule has 0 aromatic heterocycles. The molecule has 18 heavy (non-hydrogen) atoms. The number of aliphatic hydroxyl groups excluding tert-OH is 1. The lowest BCUT2D eigenvalue weighted by Crippen LogP contribution is -2.31. The third-order valence-corrected chi connectivity index (χ3v) is 3.80. The zero-order valence-electron chi connectivity index (χ0n) is 11.5. The van der Waals surface area contributed by atoms with E-state index in [9.17, 15) is 5.11 Å². The molecule has 3 heteroatoms. The highest BCUT2D eigenvalue weighted by Crippen LogP contribution is 2.26. The molecule has 1 N–H and O–H groups in total. The van der Waals surface area contributed by atoms with Crippen molar-refractivity contribution < 1.29 is 9.84 Å². The number of likely N-dealkylation sites (tertiary alicyclic amines) is 1. The number of rotatable bonds is 4. The quantitative estimate of drug-likeness (QED) is 0.889. The maximum atomic E-state index is 10.3. The van der Waals surface area contributed by atoms with Crippen LogP contribution in [0.2, 0.25) is 0 Å². The van der Waals surface area contributed by atoms with E-state index in [2.05, 4.69) is 18.7 Å². The van der Waals surface area contributed by atoms with Gasteiger partial charge >= 0.3 is 0 Å². The lowest BCUT2D eigenvalue weighted by Gasteiger charge is -2.24. The predicted octanol–water partition coefficient (Wildman–Crippen LogP) is 2.46. The molecule has 0 bridgehead atoms. The second-order valence-electron chi connectivity index (χ2n) is 5.44. The summed E-state index contributed by atoms with van der Waals surface area (Å²) >= 11 is 0. The van der Waals surface area contributed by atoms with Gasteiger partial charge in [-0.25, -0.2) is 0 Å². The molecule has 0 saturated carbocycles. The topological polar surface area (TPSA) is 32.7 Å². The molecule has 1 saturated heterocycles. The van der Waals surface area contributed by atoms with Crippen LogP contribution in [0, 0.1) is 5.92 Å². The summed E-state index contributed by atoms with van der Waals surface area (Å²) in [7, 11) is 1.65. The summed E-state index contributed by atoms with van der Waals surface area (Å²) in [5.41, 5.74) is 0.932. The number of benzene rings is 1. The molecule has 0 aliphatic carbocycles. The molecular weight excluding hydrogens is 226 g/mol. The van der Waals surface area contributed by atoms with Gasteiger partial charge in [-0.2, -0.15) is 0 Å². The minimum Gasteiger partial charge on any atom is -0.497 e. The Hall–Kier alpha value is -1.06. The Labute approximate surface area is 109 Å². The Morgan fingerprint density at radius 1 is 1.44 bits per heavy atom. The number of nitrogens with zero attached hydrogens (tertiary/aromatic N) is 1. The second-order valence-corrected chi connectivity index (χ2v) is 5.44. The van der Waals surface area contributed by atoms with E-state index < -0.39 is 6.10 Å². The van der Waals surface area contributed by atoms with Crippen molar-refractivity contribution in [3.05, 3.63) is 29.8 Å². The summed E-state index contributed by atoms with van der Waals surface area (Å²) in [5, 5.41) is 10.3. The zero-order chi connectivity index (χ0) is 13.1. The molecule has 3 unspecified atom stereocenters. The smallest absolute Gasteiger partial charge is 0.119 e. The molecule has 1 heterocycles. The Balaban J connectivity index is 2.00. The van der Waals surface area contributed by atoms with Crippen LogP contribution in [0.3, 0.4) is 0 Å². The summed E-state index contributed by atoms with van der Waals surface area (Å²) in [6.07, 6.45) is 0.790. The first-order valence-electron chi connectivity index (χ1n) is 6.66. The molecule has 0 amide bonds. The highest BCUT2D eigenvalue weighted by Gasteiger charge is 2.27. The fraction of sp³-hybridized carbons (Fsp3) is 0.600. The maximum absolute atomic E-state index is 10.3. The van der Waals surface area contributed by atoms with Crippen molar-refractivity contribution in [1.82, 2.24) is 4.90 Å². The van der Waals surface area contributed by atoms with Gasteiger partial charge in [0.2, 0.25) is 0 Å². The number of hydrogen-bond acceptors (Lipinski definition) is 3. The summed E-state index contributed by atoms with van der Waals surface area (Å²) < 4.78 is 5.19. The van der Waals surface area contributed by atoms with Crippen LogP contribution in [0.4, 0.5) is 0 Å². The van der Waals surface area contributed by atoms with Gasteiger partial charge in [0.25, 0.3) is 0 Å². The van der Waals surface area contributed by atoms with Crippen LogP contribution in [-0.4, -0.2) is 36.2 Å². The Morgan fingerprint density at radius 2 is 2.22 bits per heavy atom. The van der Waals surface area contributed by atoms with E-state index in [4.69, 9.17) is 4.74 Å². The van der Waals surface area contributed by atoms with Gasteiger partial charge in [-0.3, -0.25) is 4.90 Å². The number of ether oxygens (including phenoxy) is 1. The number of hydrogen-bond donors (Lipinski definition) is 1. The van der Waals surface area contributed by atoms with Gasteiger partial charge in [-0.15, -0.1) is 0 Å². The molecule has 1 aliphatic heterocycles. The molecule has 3 atom stereocenters. The number of β-amino-alcohol motifs (C(OH)–C–C–N with tert-alkyl or cyclic N) is 1. The van der Waals surface area contributed by atoms with Crippen LogP contribution < -0.4 is 4.74 Å². The predicted molar refractivity (Wildman–Crippen MR) is 72.8 cm³/mol. The van der Waals surface area contributed by atoms with Crippen molar-refractivity contribution in [3.8, 4) is 5.75 Å². The van der Waals surface area contributed by atoms with Crippen LogP contribution >= 0.6 is 0 Å². The Morgan fingerprint density at radius 3 is 2.83 bits per heavy atom. The van der Waals surface area contributed by atoms with E-state index in [0.717, 1.165) is 23.8 Å². The summed E-state index contributed by atoms with van der Waals surface area (Å²) in [6.45, 7) is 6.30. The fourth-order valence-corrected chi connectivity index (χ4v) is 2.82. The van der Waals surface area contributed by atoms with E-state index in [1.807, 2.05) is 24.3 Å². The minimum absolute atomic E-state index is 0.437. The molecule has 2 rings (SSSR count). The molecule has 1 aromatic carbocycles. The summed E-state index contributed by atoms with van der Waals surface area (Å²) in [5.74, 6) is 1.53. The van der Waals surface area contributed by atoms with Crippen molar-refractivity contribution >= 4 is 0 Å². The van der Waals surface area contributed by atoms with Crippen LogP contribution in [-0.2, 0) is 0 Å². The molecule has 3 nitrogen and oxygen atoms in total. The Bertz CT molecular complexity index is 394. The molecule has 100 valence electrons. The SMILES string of the molecule is COc1cccc(C(O)CN2CC(C)CC2C)c1. The monoisotopic (exact) mass is 249 g/mol. The Kier molecular flexibility index (Phi) is 4.25. The van der Waals surface area contributed by atoms with Gasteiger partial charge < -0.3 is 9.84 Å². The maximum Gasteiger partial charge on any atom is 0.119 e. The van der Waals surface area contributed by atoms with Crippen molar-refractivity contribution in [2.45, 2.75) is 32.4 Å². The van der Waals surface area contributed by atoms with E-state index in [0.29, 0.717) is 12.6 Å². The average Bonchev–Trinajstić information content (AvgIpc) is 2.68. The van der Waals surface area contributed by atoms with E-state index in [1.165, 1.54) is 6.42 Å². The third kappa shape index (κ3) is 3.03. The van der Waals surface area contributed by atoms with Gasteiger partial charge in [0.05, 0.1) is 13.2 Å². The van der Waals surface area contributed by atoms with Gasteiger partial charge in [0, 0.05) is 19.1 Å². The molecule has 0 spiro atoms. The molecule has 1 aliphatic rings. The number of aliphatic hydroxyl groups is 1. The number of methoxy groups -OCH3 is 1. The highest BCUT2D eigenvalue weighted by atomic mass is 16.5. The van der Waals surface area contributed by atoms with Gasteiger partial charge in [-0.05, 0) is 37.0 Å². The highest BCUT2D eigenvalue weighted by molar-refractivity contribution is 5.29. The zero-order valence-corrected chi connectivity index (χ0v) is 11.5. The first-order valence-corrected chi connectivity index (χ1v) is 6.66. The third-order valence-electron chi connectivity index (χ3n) is 3.80. The molecule has 0 radical (unpaired) electrons. The van der Waals surface area contributed by atoms with E-state index >= 15 is 0 Å². The standard InChI is InChI=1S/C15H23NO2/c1-11-7-12(2)16(9-11)10-15(17)13-5-4-6-14(8-13)18-3/h4-6,8,11-12,15,17H,7,9-10H2,1-3H3. The summed E-state index contributed by atoms with van der Waals surface area (Å²) in [4.78, 5) is 2.37. The second kappa shape index (κ2) is 5.72.